The summed E-state index contributed by atoms with van der Waals surface area (Å²) in [7, 11) is 0. The van der Waals surface area contributed by atoms with Gasteiger partial charge in [0, 0.05) is 29.9 Å². The van der Waals surface area contributed by atoms with Crippen molar-refractivity contribution in [3.8, 4) is 0 Å². The minimum absolute atomic E-state index is 0.0394. The molecule has 1 saturated heterocycles. The predicted molar refractivity (Wildman–Crippen MR) is 103 cm³/mol. The summed E-state index contributed by atoms with van der Waals surface area (Å²) in [5, 5.41) is 6.69. The van der Waals surface area contributed by atoms with Crippen molar-refractivity contribution in [2.24, 2.45) is 5.92 Å². The van der Waals surface area contributed by atoms with Crippen molar-refractivity contribution in [2.45, 2.75) is 19.8 Å². The van der Waals surface area contributed by atoms with Crippen molar-refractivity contribution in [3.63, 3.8) is 0 Å². The van der Waals surface area contributed by atoms with Crippen molar-refractivity contribution in [2.75, 3.05) is 18.1 Å². The number of aromatic nitrogens is 2. The molecule has 0 bridgehead atoms. The van der Waals surface area contributed by atoms with Crippen LogP contribution in [0.4, 0.5) is 5.82 Å². The average molecular weight is 379 g/mol. The third-order valence-corrected chi connectivity index (χ3v) is 5.39. The van der Waals surface area contributed by atoms with E-state index in [0.717, 1.165) is 41.9 Å². The molecule has 28 heavy (non-hydrogen) atoms. The van der Waals surface area contributed by atoms with E-state index in [-0.39, 0.29) is 11.8 Å². The molecule has 144 valence electrons. The molecule has 0 radical (unpaired) electrons. The maximum Gasteiger partial charge on any atom is 0.259 e. The first-order valence-corrected chi connectivity index (χ1v) is 9.41. The van der Waals surface area contributed by atoms with Gasteiger partial charge in [0.25, 0.3) is 5.91 Å². The molecule has 3 aromatic rings. The van der Waals surface area contributed by atoms with Crippen LogP contribution in [0, 0.1) is 12.8 Å². The average Bonchev–Trinajstić information content (AvgIpc) is 3.46. The number of benzene rings is 1. The highest BCUT2D eigenvalue weighted by Gasteiger charge is 2.32. The summed E-state index contributed by atoms with van der Waals surface area (Å²) < 4.78 is 5.04. The van der Waals surface area contributed by atoms with Crippen molar-refractivity contribution in [1.29, 1.82) is 0 Å². The number of likely N-dealkylation sites (tertiary alicyclic amines) is 1. The maximum atomic E-state index is 12.8. The second-order valence-corrected chi connectivity index (χ2v) is 7.22. The molecule has 1 fully saturated rings. The summed E-state index contributed by atoms with van der Waals surface area (Å²) in [6.07, 6.45) is 5.34. The van der Waals surface area contributed by atoms with E-state index in [2.05, 4.69) is 27.9 Å². The molecule has 4 heterocycles. The van der Waals surface area contributed by atoms with E-state index in [0.29, 0.717) is 17.9 Å². The topological polar surface area (TPSA) is 86.6 Å². The Bertz CT molecular complexity index is 1020. The van der Waals surface area contributed by atoms with Gasteiger partial charge in [-0.15, -0.1) is 0 Å². The molecule has 0 unspecified atom stereocenters. The minimum atomic E-state index is -0.0394. The standard InChI is InChI=1S/C20H21N5O3/c1-13-16(10-21-27-13)20(26)24-8-4-6-15(11-24)18-12-25(23-28-18)19-9-14-5-2-3-7-17(14)22-19/h2-3,5,7,9-10,12,15,22-23H,4,6,8,11H2,1H3/t15-/m0/s1. The normalized spacial score (nSPS) is 19.8. The number of fused-ring (bicyclic) bond motifs is 1. The van der Waals surface area contributed by atoms with Crippen LogP contribution < -0.4 is 10.6 Å². The number of nitrogens with zero attached hydrogens (tertiary/aromatic N) is 3. The van der Waals surface area contributed by atoms with Gasteiger partial charge < -0.3 is 19.2 Å². The molecule has 0 spiro atoms. The number of amides is 1. The highest BCUT2D eigenvalue weighted by molar-refractivity contribution is 5.94. The molecule has 1 amide bonds. The van der Waals surface area contributed by atoms with Crippen LogP contribution in [0.2, 0.25) is 0 Å². The Balaban J connectivity index is 1.32. The van der Waals surface area contributed by atoms with Gasteiger partial charge in [0.05, 0.1) is 12.4 Å². The number of rotatable bonds is 3. The summed E-state index contributed by atoms with van der Waals surface area (Å²) in [4.78, 5) is 23.7. The summed E-state index contributed by atoms with van der Waals surface area (Å²) in [6.45, 7) is 3.09. The van der Waals surface area contributed by atoms with Crippen molar-refractivity contribution in [1.82, 2.24) is 20.6 Å². The van der Waals surface area contributed by atoms with Gasteiger partial charge in [-0.3, -0.25) is 4.79 Å². The molecule has 2 aliphatic rings. The van der Waals surface area contributed by atoms with Crippen LogP contribution in [0.15, 0.2) is 53.0 Å². The maximum absolute atomic E-state index is 12.8. The lowest BCUT2D eigenvalue weighted by atomic mass is 9.95. The number of hydrogen-bond acceptors (Lipinski definition) is 6. The van der Waals surface area contributed by atoms with Gasteiger partial charge >= 0.3 is 0 Å². The Morgan fingerprint density at radius 2 is 2.21 bits per heavy atom. The summed E-state index contributed by atoms with van der Waals surface area (Å²) >= 11 is 0. The summed E-state index contributed by atoms with van der Waals surface area (Å²) in [6, 6.07) is 10.2. The molecular formula is C20H21N5O3. The molecule has 2 aromatic heterocycles. The van der Waals surface area contributed by atoms with Gasteiger partial charge in [-0.1, -0.05) is 28.9 Å². The van der Waals surface area contributed by atoms with Gasteiger partial charge in [0.15, 0.2) is 0 Å². The molecule has 1 aromatic carbocycles. The van der Waals surface area contributed by atoms with E-state index in [1.165, 1.54) is 6.20 Å². The molecule has 8 nitrogen and oxygen atoms in total. The van der Waals surface area contributed by atoms with Gasteiger partial charge in [-0.2, -0.15) is 0 Å². The molecule has 1 atom stereocenters. The first-order chi connectivity index (χ1) is 13.7. The third-order valence-electron chi connectivity index (χ3n) is 5.39. The Morgan fingerprint density at radius 3 is 3.04 bits per heavy atom. The molecule has 2 aliphatic heterocycles. The molecule has 0 aliphatic carbocycles. The highest BCUT2D eigenvalue weighted by atomic mass is 16.7. The lowest BCUT2D eigenvalue weighted by Crippen LogP contribution is -2.40. The van der Waals surface area contributed by atoms with Crippen molar-refractivity contribution < 1.29 is 14.2 Å². The molecule has 2 N–H and O–H groups in total. The van der Waals surface area contributed by atoms with Gasteiger partial charge in [0.2, 0.25) is 0 Å². The van der Waals surface area contributed by atoms with Crippen LogP contribution in [0.3, 0.4) is 0 Å². The second kappa shape index (κ2) is 6.72. The third kappa shape index (κ3) is 2.91. The minimum Gasteiger partial charge on any atom is -0.391 e. The van der Waals surface area contributed by atoms with Crippen LogP contribution in [-0.2, 0) is 4.84 Å². The zero-order chi connectivity index (χ0) is 19.1. The second-order valence-electron chi connectivity index (χ2n) is 7.22. The first kappa shape index (κ1) is 16.9. The Morgan fingerprint density at radius 1 is 1.32 bits per heavy atom. The van der Waals surface area contributed by atoms with E-state index >= 15 is 0 Å². The Hall–Kier alpha value is -3.26. The quantitative estimate of drug-likeness (QED) is 0.727. The zero-order valence-corrected chi connectivity index (χ0v) is 15.5. The van der Waals surface area contributed by atoms with Gasteiger partial charge in [-0.25, -0.2) is 5.01 Å². The van der Waals surface area contributed by atoms with Gasteiger partial charge in [-0.05, 0) is 31.9 Å². The lowest BCUT2D eigenvalue weighted by Gasteiger charge is -2.32. The number of carbonyl (C=O) groups excluding carboxylic acids is 1. The fraction of sp³-hybridized carbons (Fsp3) is 0.300. The number of para-hydroxylation sites is 1. The fourth-order valence-corrected chi connectivity index (χ4v) is 3.85. The predicted octanol–water partition coefficient (Wildman–Crippen LogP) is 3.11. The van der Waals surface area contributed by atoms with Gasteiger partial charge in [0.1, 0.15) is 22.9 Å². The SMILES string of the molecule is Cc1oncc1C(=O)N1CCC[C@H](C2=CN(c3cc4ccccc4[nH]3)NO2)C1. The van der Waals surface area contributed by atoms with Crippen LogP contribution in [0.1, 0.15) is 29.0 Å². The number of carbonyl (C=O) groups is 1. The number of hydrogen-bond donors (Lipinski definition) is 2. The molecule has 0 saturated carbocycles. The number of piperidine rings is 1. The summed E-state index contributed by atoms with van der Waals surface area (Å²) in [5.41, 5.74) is 4.54. The fourth-order valence-electron chi connectivity index (χ4n) is 3.85. The number of hydrazine groups is 1. The first-order valence-electron chi connectivity index (χ1n) is 9.41. The van der Waals surface area contributed by atoms with Crippen LogP contribution in [0.5, 0.6) is 0 Å². The Kier molecular flexibility index (Phi) is 4.05. The number of anilines is 1. The number of nitrogens with one attached hydrogen (secondary N) is 2. The van der Waals surface area contributed by atoms with E-state index < -0.39 is 0 Å². The van der Waals surface area contributed by atoms with E-state index in [9.17, 15) is 4.79 Å². The summed E-state index contributed by atoms with van der Waals surface area (Å²) in [5.74, 6) is 2.38. The van der Waals surface area contributed by atoms with Crippen molar-refractivity contribution >= 4 is 22.6 Å². The highest BCUT2D eigenvalue weighted by Crippen LogP contribution is 2.30. The molecule has 5 rings (SSSR count). The number of aryl methyl sites for hydroxylation is 1. The number of aromatic amines is 1. The molecular weight excluding hydrogens is 358 g/mol. The van der Waals surface area contributed by atoms with Crippen LogP contribution >= 0.6 is 0 Å². The van der Waals surface area contributed by atoms with E-state index in [4.69, 9.17) is 9.36 Å². The smallest absolute Gasteiger partial charge is 0.259 e. The largest absolute Gasteiger partial charge is 0.391 e. The lowest BCUT2D eigenvalue weighted by molar-refractivity contribution is 0.0576. The molecule has 8 heteroatoms. The van der Waals surface area contributed by atoms with Crippen LogP contribution in [-0.4, -0.2) is 34.0 Å². The van der Waals surface area contributed by atoms with E-state index in [1.807, 2.05) is 34.3 Å². The zero-order valence-electron chi connectivity index (χ0n) is 15.5. The monoisotopic (exact) mass is 379 g/mol. The van der Waals surface area contributed by atoms with Crippen LogP contribution in [0.25, 0.3) is 10.9 Å². The number of H-pyrrole nitrogens is 1. The van der Waals surface area contributed by atoms with E-state index in [1.54, 1.807) is 6.92 Å². The Labute approximate surface area is 161 Å². The van der Waals surface area contributed by atoms with Crippen molar-refractivity contribution in [3.05, 3.63) is 59.8 Å².